The smallest absolute Gasteiger partial charge is 0.0228 e. The number of benzene rings is 1. The summed E-state index contributed by atoms with van der Waals surface area (Å²) in [6.07, 6.45) is 1.09. The Morgan fingerprint density at radius 3 is 2.36 bits per heavy atom. The third-order valence-corrected chi connectivity index (χ3v) is 2.63. The van der Waals surface area contributed by atoms with Gasteiger partial charge in [0.1, 0.15) is 0 Å². The Bertz CT molecular complexity index is 298. The molecule has 14 heavy (non-hydrogen) atoms. The molecule has 1 unspecified atom stereocenters. The molecule has 0 saturated carbocycles. The lowest BCUT2D eigenvalue weighted by Gasteiger charge is -2.18. The number of aryl methyl sites for hydroxylation is 1. The predicted octanol–water partition coefficient (Wildman–Crippen LogP) is 3.22. The summed E-state index contributed by atoms with van der Waals surface area (Å²) >= 11 is 0. The van der Waals surface area contributed by atoms with Gasteiger partial charge in [-0.1, -0.05) is 43.3 Å². The molecule has 76 valence electrons. The first-order valence-electron chi connectivity index (χ1n) is 5.12. The second kappa shape index (κ2) is 4.85. The van der Waals surface area contributed by atoms with Gasteiger partial charge in [0.2, 0.25) is 0 Å². The summed E-state index contributed by atoms with van der Waals surface area (Å²) < 4.78 is 0. The standard InChI is InChI=1S/C13H19N/c1-5-13(11(3)14-4)12-8-6-10(2)7-9-12/h6-9,13-14H,3,5H2,1-2,4H3. The third-order valence-electron chi connectivity index (χ3n) is 2.63. The fraction of sp³-hybridized carbons (Fsp3) is 0.385. The van der Waals surface area contributed by atoms with Crippen molar-refractivity contribution in [1.82, 2.24) is 5.32 Å². The van der Waals surface area contributed by atoms with E-state index in [0.717, 1.165) is 12.1 Å². The van der Waals surface area contributed by atoms with E-state index in [2.05, 4.69) is 50.0 Å². The van der Waals surface area contributed by atoms with E-state index in [4.69, 9.17) is 0 Å². The highest BCUT2D eigenvalue weighted by atomic mass is 14.8. The fourth-order valence-electron chi connectivity index (χ4n) is 1.66. The third kappa shape index (κ3) is 2.38. The van der Waals surface area contributed by atoms with Crippen molar-refractivity contribution in [2.45, 2.75) is 26.2 Å². The van der Waals surface area contributed by atoms with E-state index in [1.807, 2.05) is 7.05 Å². The molecule has 1 aromatic carbocycles. The van der Waals surface area contributed by atoms with Gasteiger partial charge in [-0.05, 0) is 18.9 Å². The number of hydrogen-bond donors (Lipinski definition) is 1. The van der Waals surface area contributed by atoms with E-state index in [1.54, 1.807) is 0 Å². The van der Waals surface area contributed by atoms with Crippen LogP contribution in [0.5, 0.6) is 0 Å². The van der Waals surface area contributed by atoms with Gasteiger partial charge in [0.15, 0.2) is 0 Å². The van der Waals surface area contributed by atoms with E-state index in [0.29, 0.717) is 5.92 Å². The summed E-state index contributed by atoms with van der Waals surface area (Å²) in [4.78, 5) is 0. The Labute approximate surface area is 86.8 Å². The number of hydrogen-bond acceptors (Lipinski definition) is 1. The van der Waals surface area contributed by atoms with Crippen molar-refractivity contribution in [2.75, 3.05) is 7.05 Å². The van der Waals surface area contributed by atoms with Gasteiger partial charge in [-0.3, -0.25) is 0 Å². The van der Waals surface area contributed by atoms with E-state index < -0.39 is 0 Å². The van der Waals surface area contributed by atoms with Crippen LogP contribution in [0.1, 0.15) is 30.4 Å². The van der Waals surface area contributed by atoms with E-state index in [9.17, 15) is 0 Å². The molecule has 1 aromatic rings. The highest BCUT2D eigenvalue weighted by Gasteiger charge is 2.11. The number of rotatable bonds is 4. The van der Waals surface area contributed by atoms with E-state index in [-0.39, 0.29) is 0 Å². The van der Waals surface area contributed by atoms with E-state index in [1.165, 1.54) is 11.1 Å². The first-order chi connectivity index (χ1) is 6.69. The maximum Gasteiger partial charge on any atom is 0.0228 e. The number of likely N-dealkylation sites (N-methyl/N-ethyl adjacent to an activating group) is 1. The van der Waals surface area contributed by atoms with Gasteiger partial charge in [0.25, 0.3) is 0 Å². The van der Waals surface area contributed by atoms with Crippen molar-refractivity contribution in [3.8, 4) is 0 Å². The topological polar surface area (TPSA) is 12.0 Å². The molecule has 0 saturated heterocycles. The van der Waals surface area contributed by atoms with Gasteiger partial charge in [-0.15, -0.1) is 0 Å². The lowest BCUT2D eigenvalue weighted by Crippen LogP contribution is -2.13. The Balaban J connectivity index is 2.89. The molecular formula is C13H19N. The molecule has 0 aromatic heterocycles. The summed E-state index contributed by atoms with van der Waals surface area (Å²) in [7, 11) is 1.93. The van der Waals surface area contributed by atoms with Crippen molar-refractivity contribution < 1.29 is 0 Å². The molecule has 0 fully saturated rings. The molecule has 1 heteroatoms. The largest absolute Gasteiger partial charge is 0.391 e. The summed E-state index contributed by atoms with van der Waals surface area (Å²) in [5.74, 6) is 0.431. The van der Waals surface area contributed by atoms with Gasteiger partial charge >= 0.3 is 0 Å². The lowest BCUT2D eigenvalue weighted by molar-refractivity contribution is 0.707. The summed E-state index contributed by atoms with van der Waals surface area (Å²) in [5, 5.41) is 3.13. The zero-order valence-corrected chi connectivity index (χ0v) is 9.30. The maximum absolute atomic E-state index is 4.03. The summed E-state index contributed by atoms with van der Waals surface area (Å²) in [6.45, 7) is 8.33. The van der Waals surface area contributed by atoms with Gasteiger partial charge in [0, 0.05) is 18.7 Å². The van der Waals surface area contributed by atoms with Gasteiger partial charge in [-0.2, -0.15) is 0 Å². The van der Waals surface area contributed by atoms with Crippen LogP contribution in [0.25, 0.3) is 0 Å². The number of nitrogens with one attached hydrogen (secondary N) is 1. The second-order valence-corrected chi connectivity index (χ2v) is 3.65. The van der Waals surface area contributed by atoms with Crippen LogP contribution in [0, 0.1) is 6.92 Å². The first-order valence-corrected chi connectivity index (χ1v) is 5.12. The van der Waals surface area contributed by atoms with Crippen molar-refractivity contribution in [3.05, 3.63) is 47.7 Å². The Morgan fingerprint density at radius 1 is 1.36 bits per heavy atom. The van der Waals surface area contributed by atoms with E-state index >= 15 is 0 Å². The molecular weight excluding hydrogens is 170 g/mol. The van der Waals surface area contributed by atoms with Crippen molar-refractivity contribution in [2.24, 2.45) is 0 Å². The zero-order valence-electron chi connectivity index (χ0n) is 9.30. The van der Waals surface area contributed by atoms with Crippen LogP contribution in [0.3, 0.4) is 0 Å². The minimum absolute atomic E-state index is 0.431. The predicted molar refractivity (Wildman–Crippen MR) is 62.4 cm³/mol. The lowest BCUT2D eigenvalue weighted by atomic mass is 9.93. The molecule has 1 nitrogen and oxygen atoms in total. The first kappa shape index (κ1) is 10.8. The molecule has 0 radical (unpaired) electrons. The summed E-state index contributed by atoms with van der Waals surface area (Å²) in [6, 6.07) is 8.68. The molecule has 1 N–H and O–H groups in total. The Morgan fingerprint density at radius 2 is 1.93 bits per heavy atom. The highest BCUT2D eigenvalue weighted by Crippen LogP contribution is 2.24. The Kier molecular flexibility index (Phi) is 3.75. The van der Waals surface area contributed by atoms with Crippen LogP contribution in [0.4, 0.5) is 0 Å². The zero-order chi connectivity index (χ0) is 10.6. The fourth-order valence-corrected chi connectivity index (χ4v) is 1.66. The van der Waals surface area contributed by atoms with Crippen molar-refractivity contribution in [1.29, 1.82) is 0 Å². The summed E-state index contributed by atoms with van der Waals surface area (Å²) in [5.41, 5.74) is 3.74. The molecule has 0 amide bonds. The molecule has 0 aliphatic heterocycles. The van der Waals surface area contributed by atoms with Gasteiger partial charge in [0.05, 0.1) is 0 Å². The Hall–Kier alpha value is -1.24. The van der Waals surface area contributed by atoms with Crippen LogP contribution >= 0.6 is 0 Å². The minimum Gasteiger partial charge on any atom is -0.391 e. The van der Waals surface area contributed by atoms with Crippen molar-refractivity contribution >= 4 is 0 Å². The SMILES string of the molecule is C=C(NC)C(CC)c1ccc(C)cc1. The molecule has 0 spiro atoms. The second-order valence-electron chi connectivity index (χ2n) is 3.65. The number of allylic oxidation sites excluding steroid dienone is 1. The maximum atomic E-state index is 4.03. The molecule has 0 bridgehead atoms. The van der Waals surface area contributed by atoms with Crippen LogP contribution < -0.4 is 5.32 Å². The monoisotopic (exact) mass is 189 g/mol. The minimum atomic E-state index is 0.431. The molecule has 1 atom stereocenters. The molecule has 0 aliphatic rings. The highest BCUT2D eigenvalue weighted by molar-refractivity contribution is 5.29. The normalized spacial score (nSPS) is 12.2. The van der Waals surface area contributed by atoms with Crippen molar-refractivity contribution in [3.63, 3.8) is 0 Å². The van der Waals surface area contributed by atoms with Crippen LogP contribution in [-0.2, 0) is 0 Å². The van der Waals surface area contributed by atoms with Gasteiger partial charge < -0.3 is 5.32 Å². The molecule has 0 heterocycles. The van der Waals surface area contributed by atoms with Crippen LogP contribution in [-0.4, -0.2) is 7.05 Å². The quantitative estimate of drug-likeness (QED) is 0.766. The molecule has 0 aliphatic carbocycles. The van der Waals surface area contributed by atoms with Gasteiger partial charge in [-0.25, -0.2) is 0 Å². The van der Waals surface area contributed by atoms with Crippen LogP contribution in [0.15, 0.2) is 36.5 Å². The average Bonchev–Trinajstić information content (AvgIpc) is 2.21. The average molecular weight is 189 g/mol. The van der Waals surface area contributed by atoms with Crippen LogP contribution in [0.2, 0.25) is 0 Å². The molecule has 1 rings (SSSR count).